The van der Waals surface area contributed by atoms with Crippen molar-refractivity contribution in [3.63, 3.8) is 0 Å². The van der Waals surface area contributed by atoms with Gasteiger partial charge in [-0.25, -0.2) is 13.4 Å². The van der Waals surface area contributed by atoms with Crippen LogP contribution < -0.4 is 4.90 Å². The van der Waals surface area contributed by atoms with Crippen molar-refractivity contribution >= 4 is 15.8 Å². The quantitative estimate of drug-likeness (QED) is 0.807. The van der Waals surface area contributed by atoms with Gasteiger partial charge < -0.3 is 14.4 Å². The summed E-state index contributed by atoms with van der Waals surface area (Å²) in [4.78, 5) is 6.73. The fourth-order valence-electron chi connectivity index (χ4n) is 3.01. The molecular formula is C15H23N3O4S. The maximum atomic E-state index is 12.6. The highest BCUT2D eigenvalue weighted by molar-refractivity contribution is 7.89. The number of ether oxygens (including phenoxy) is 2. The van der Waals surface area contributed by atoms with Crippen LogP contribution in [-0.2, 0) is 19.5 Å². The number of pyridine rings is 1. The Morgan fingerprint density at radius 1 is 1.13 bits per heavy atom. The van der Waals surface area contributed by atoms with Crippen LogP contribution in [0.4, 0.5) is 5.82 Å². The van der Waals surface area contributed by atoms with Crippen LogP contribution in [0, 0.1) is 0 Å². The Hall–Kier alpha value is -1.22. The standard InChI is InChI=1S/C15H23N3O4S/c1-12-10-17(11-13(2)22-12)15-4-3-14(9-16-15)23(19,20)18-5-7-21-8-6-18/h3-4,9,12-13H,5-8,10-11H2,1-2H3/t12-,13-/m0/s1. The number of morpholine rings is 2. The van der Waals surface area contributed by atoms with Gasteiger partial charge in [0.1, 0.15) is 10.7 Å². The maximum Gasteiger partial charge on any atom is 0.244 e. The summed E-state index contributed by atoms with van der Waals surface area (Å²) < 4.78 is 37.5. The predicted octanol–water partition coefficient (Wildman–Crippen LogP) is 0.716. The van der Waals surface area contributed by atoms with E-state index in [0.29, 0.717) is 26.3 Å². The van der Waals surface area contributed by atoms with E-state index in [1.54, 1.807) is 12.1 Å². The molecule has 0 N–H and O–H groups in total. The molecule has 3 rings (SSSR count). The van der Waals surface area contributed by atoms with E-state index in [0.717, 1.165) is 18.9 Å². The van der Waals surface area contributed by atoms with E-state index >= 15 is 0 Å². The largest absolute Gasteiger partial charge is 0.379 e. The Balaban J connectivity index is 1.76. The van der Waals surface area contributed by atoms with Crippen molar-refractivity contribution < 1.29 is 17.9 Å². The third kappa shape index (κ3) is 3.65. The molecule has 7 nitrogen and oxygen atoms in total. The van der Waals surface area contributed by atoms with Gasteiger partial charge in [-0.3, -0.25) is 0 Å². The zero-order chi connectivity index (χ0) is 16.4. The van der Waals surface area contributed by atoms with Gasteiger partial charge in [0.15, 0.2) is 0 Å². The van der Waals surface area contributed by atoms with Gasteiger partial charge >= 0.3 is 0 Å². The molecule has 2 saturated heterocycles. The molecule has 0 spiro atoms. The smallest absolute Gasteiger partial charge is 0.244 e. The van der Waals surface area contributed by atoms with Crippen molar-refractivity contribution in [3.8, 4) is 0 Å². The SMILES string of the molecule is C[C@H]1CN(c2ccc(S(=O)(=O)N3CCOCC3)cn2)C[C@H](C)O1. The third-order valence-corrected chi connectivity index (χ3v) is 5.95. The molecule has 2 aliphatic rings. The fourth-order valence-corrected chi connectivity index (χ4v) is 4.37. The summed E-state index contributed by atoms with van der Waals surface area (Å²) in [5.74, 6) is 0.785. The van der Waals surface area contributed by atoms with E-state index in [1.165, 1.54) is 10.5 Å². The minimum absolute atomic E-state index is 0.136. The molecule has 2 fully saturated rings. The first-order chi connectivity index (χ1) is 11.0. The summed E-state index contributed by atoms with van der Waals surface area (Å²) in [5, 5.41) is 0. The van der Waals surface area contributed by atoms with Crippen molar-refractivity contribution in [3.05, 3.63) is 18.3 Å². The average Bonchev–Trinajstić information content (AvgIpc) is 2.55. The van der Waals surface area contributed by atoms with E-state index in [9.17, 15) is 8.42 Å². The molecule has 1 aromatic heterocycles. The van der Waals surface area contributed by atoms with Crippen LogP contribution in [0.2, 0.25) is 0 Å². The second kappa shape index (κ2) is 6.72. The van der Waals surface area contributed by atoms with Crippen LogP contribution in [0.15, 0.2) is 23.2 Å². The van der Waals surface area contributed by atoms with Gasteiger partial charge in [0.2, 0.25) is 10.0 Å². The Labute approximate surface area is 137 Å². The molecule has 3 heterocycles. The monoisotopic (exact) mass is 341 g/mol. The fraction of sp³-hybridized carbons (Fsp3) is 0.667. The maximum absolute atomic E-state index is 12.6. The van der Waals surface area contributed by atoms with Crippen LogP contribution in [-0.4, -0.2) is 69.3 Å². The van der Waals surface area contributed by atoms with Crippen molar-refractivity contribution in [1.29, 1.82) is 0 Å². The topological polar surface area (TPSA) is 72.0 Å². The van der Waals surface area contributed by atoms with E-state index in [2.05, 4.69) is 9.88 Å². The van der Waals surface area contributed by atoms with Crippen LogP contribution in [0.5, 0.6) is 0 Å². The van der Waals surface area contributed by atoms with Crippen molar-refractivity contribution in [2.45, 2.75) is 31.0 Å². The van der Waals surface area contributed by atoms with Crippen molar-refractivity contribution in [2.75, 3.05) is 44.3 Å². The van der Waals surface area contributed by atoms with Crippen LogP contribution in [0.1, 0.15) is 13.8 Å². The number of nitrogens with zero attached hydrogens (tertiary/aromatic N) is 3. The van der Waals surface area contributed by atoms with Gasteiger partial charge in [-0.05, 0) is 26.0 Å². The molecule has 0 amide bonds. The van der Waals surface area contributed by atoms with Gasteiger partial charge in [-0.15, -0.1) is 0 Å². The van der Waals surface area contributed by atoms with Gasteiger partial charge in [-0.1, -0.05) is 0 Å². The third-order valence-electron chi connectivity index (χ3n) is 4.07. The molecule has 0 aliphatic carbocycles. The second-order valence-electron chi connectivity index (χ2n) is 6.03. The van der Waals surface area contributed by atoms with E-state index in [-0.39, 0.29) is 17.1 Å². The first kappa shape index (κ1) is 16.6. The zero-order valence-electron chi connectivity index (χ0n) is 13.5. The molecule has 128 valence electrons. The number of sulfonamides is 1. The molecule has 0 saturated carbocycles. The average molecular weight is 341 g/mol. The summed E-state index contributed by atoms with van der Waals surface area (Å²) in [7, 11) is -3.48. The van der Waals surface area contributed by atoms with E-state index in [4.69, 9.17) is 9.47 Å². The Morgan fingerprint density at radius 3 is 2.35 bits per heavy atom. The first-order valence-electron chi connectivity index (χ1n) is 7.91. The summed E-state index contributed by atoms with van der Waals surface area (Å²) in [6, 6.07) is 3.41. The minimum atomic E-state index is -3.48. The van der Waals surface area contributed by atoms with Gasteiger partial charge in [0, 0.05) is 32.4 Å². The minimum Gasteiger partial charge on any atom is -0.379 e. The molecule has 23 heavy (non-hydrogen) atoms. The molecule has 0 unspecified atom stereocenters. The summed E-state index contributed by atoms with van der Waals surface area (Å²) >= 11 is 0. The molecule has 1 aromatic rings. The lowest BCUT2D eigenvalue weighted by atomic mass is 10.2. The number of anilines is 1. The van der Waals surface area contributed by atoms with E-state index < -0.39 is 10.0 Å². The second-order valence-corrected chi connectivity index (χ2v) is 7.97. The zero-order valence-corrected chi connectivity index (χ0v) is 14.3. The number of rotatable bonds is 3. The highest BCUT2D eigenvalue weighted by Crippen LogP contribution is 2.21. The van der Waals surface area contributed by atoms with Crippen LogP contribution in [0.3, 0.4) is 0 Å². The highest BCUT2D eigenvalue weighted by Gasteiger charge is 2.27. The lowest BCUT2D eigenvalue weighted by molar-refractivity contribution is -0.00546. The molecule has 2 atom stereocenters. The van der Waals surface area contributed by atoms with Crippen molar-refractivity contribution in [1.82, 2.24) is 9.29 Å². The van der Waals surface area contributed by atoms with Gasteiger partial charge in [0.25, 0.3) is 0 Å². The summed E-state index contributed by atoms with van der Waals surface area (Å²) in [5.41, 5.74) is 0. The highest BCUT2D eigenvalue weighted by atomic mass is 32.2. The Bertz CT molecular complexity index is 619. The van der Waals surface area contributed by atoms with Gasteiger partial charge in [-0.2, -0.15) is 4.31 Å². The number of hydrogen-bond donors (Lipinski definition) is 0. The number of hydrogen-bond acceptors (Lipinski definition) is 6. The lowest BCUT2D eigenvalue weighted by Crippen LogP contribution is -2.45. The van der Waals surface area contributed by atoms with Gasteiger partial charge in [0.05, 0.1) is 25.4 Å². The molecule has 0 bridgehead atoms. The Morgan fingerprint density at radius 2 is 1.78 bits per heavy atom. The molecule has 8 heteroatoms. The lowest BCUT2D eigenvalue weighted by Gasteiger charge is -2.36. The van der Waals surface area contributed by atoms with Crippen LogP contribution >= 0.6 is 0 Å². The number of aromatic nitrogens is 1. The first-order valence-corrected chi connectivity index (χ1v) is 9.35. The molecule has 0 aromatic carbocycles. The normalized spacial score (nSPS) is 27.1. The summed E-state index contributed by atoms with van der Waals surface area (Å²) in [6.45, 7) is 7.23. The molecule has 0 radical (unpaired) electrons. The predicted molar refractivity (Wildman–Crippen MR) is 86.0 cm³/mol. The van der Waals surface area contributed by atoms with Crippen molar-refractivity contribution in [2.24, 2.45) is 0 Å². The summed E-state index contributed by atoms with van der Waals surface area (Å²) in [6.07, 6.45) is 1.72. The Kier molecular flexibility index (Phi) is 4.86. The van der Waals surface area contributed by atoms with Crippen LogP contribution in [0.25, 0.3) is 0 Å². The molecular weight excluding hydrogens is 318 g/mol. The van der Waals surface area contributed by atoms with E-state index in [1.807, 2.05) is 13.8 Å². The molecule has 2 aliphatic heterocycles.